The van der Waals surface area contributed by atoms with Crippen molar-refractivity contribution in [2.75, 3.05) is 13.2 Å². The SMILES string of the molecule is CCOC(=O)COc1ccccc1C(=O)CC. The highest BCUT2D eigenvalue weighted by Gasteiger charge is 2.11. The van der Waals surface area contributed by atoms with Crippen LogP contribution in [-0.2, 0) is 9.53 Å². The Bertz CT molecular complexity index is 398. The summed E-state index contributed by atoms with van der Waals surface area (Å²) in [6.45, 7) is 3.65. The van der Waals surface area contributed by atoms with Gasteiger partial charge in [-0.2, -0.15) is 0 Å². The minimum absolute atomic E-state index is 0.00976. The van der Waals surface area contributed by atoms with Crippen molar-refractivity contribution in [3.05, 3.63) is 29.8 Å². The number of ether oxygens (including phenoxy) is 2. The van der Waals surface area contributed by atoms with Gasteiger partial charge in [-0.25, -0.2) is 4.79 Å². The van der Waals surface area contributed by atoms with Gasteiger partial charge in [0.1, 0.15) is 5.75 Å². The molecule has 0 amide bonds. The van der Waals surface area contributed by atoms with Gasteiger partial charge in [-0.1, -0.05) is 19.1 Å². The lowest BCUT2D eigenvalue weighted by atomic mass is 10.1. The number of hydrogen-bond acceptors (Lipinski definition) is 4. The summed E-state index contributed by atoms with van der Waals surface area (Å²) in [6, 6.07) is 6.88. The predicted octanol–water partition coefficient (Wildman–Crippen LogP) is 2.22. The van der Waals surface area contributed by atoms with Crippen LogP contribution in [-0.4, -0.2) is 25.0 Å². The van der Waals surface area contributed by atoms with Crippen molar-refractivity contribution in [3.8, 4) is 5.75 Å². The second-order valence-corrected chi connectivity index (χ2v) is 3.37. The number of carbonyl (C=O) groups is 2. The molecule has 0 unspecified atom stereocenters. The van der Waals surface area contributed by atoms with Crippen molar-refractivity contribution in [3.63, 3.8) is 0 Å². The summed E-state index contributed by atoms with van der Waals surface area (Å²) < 4.78 is 10.0. The van der Waals surface area contributed by atoms with Crippen LogP contribution in [0.1, 0.15) is 30.6 Å². The van der Waals surface area contributed by atoms with Crippen molar-refractivity contribution in [1.29, 1.82) is 0 Å². The van der Waals surface area contributed by atoms with Gasteiger partial charge in [0.25, 0.3) is 0 Å². The van der Waals surface area contributed by atoms with Crippen LogP contribution in [0.25, 0.3) is 0 Å². The van der Waals surface area contributed by atoms with Crippen LogP contribution in [0, 0.1) is 0 Å². The number of para-hydroxylation sites is 1. The highest BCUT2D eigenvalue weighted by atomic mass is 16.6. The third-order valence-electron chi connectivity index (χ3n) is 2.16. The van der Waals surface area contributed by atoms with Crippen molar-refractivity contribution < 1.29 is 19.1 Å². The average Bonchev–Trinajstić information content (AvgIpc) is 2.36. The van der Waals surface area contributed by atoms with E-state index in [1.165, 1.54) is 0 Å². The number of ketones is 1. The van der Waals surface area contributed by atoms with Crippen LogP contribution >= 0.6 is 0 Å². The lowest BCUT2D eigenvalue weighted by Gasteiger charge is -2.09. The second-order valence-electron chi connectivity index (χ2n) is 3.37. The van der Waals surface area contributed by atoms with E-state index in [0.29, 0.717) is 24.3 Å². The maximum atomic E-state index is 11.6. The van der Waals surface area contributed by atoms with Crippen LogP contribution in [0.4, 0.5) is 0 Å². The number of Topliss-reactive ketones (excluding diaryl/α,β-unsaturated/α-hetero) is 1. The van der Waals surface area contributed by atoms with Gasteiger partial charge in [-0.3, -0.25) is 4.79 Å². The Balaban J connectivity index is 2.70. The molecular formula is C13H16O4. The first kappa shape index (κ1) is 13.2. The summed E-state index contributed by atoms with van der Waals surface area (Å²) in [7, 11) is 0. The standard InChI is InChI=1S/C13H16O4/c1-3-11(14)10-7-5-6-8-12(10)17-9-13(15)16-4-2/h5-8H,3-4,9H2,1-2H3. The fourth-order valence-electron chi connectivity index (χ4n) is 1.35. The van der Waals surface area contributed by atoms with E-state index in [2.05, 4.69) is 0 Å². The quantitative estimate of drug-likeness (QED) is 0.561. The van der Waals surface area contributed by atoms with Gasteiger partial charge in [0.05, 0.1) is 12.2 Å². The largest absolute Gasteiger partial charge is 0.481 e. The lowest BCUT2D eigenvalue weighted by molar-refractivity contribution is -0.145. The first-order valence-corrected chi connectivity index (χ1v) is 5.59. The zero-order chi connectivity index (χ0) is 12.7. The molecule has 0 saturated heterocycles. The zero-order valence-corrected chi connectivity index (χ0v) is 10.1. The Hall–Kier alpha value is -1.84. The summed E-state index contributed by atoms with van der Waals surface area (Å²) in [5, 5.41) is 0. The zero-order valence-electron chi connectivity index (χ0n) is 10.1. The van der Waals surface area contributed by atoms with Crippen molar-refractivity contribution in [1.82, 2.24) is 0 Å². The molecule has 0 N–H and O–H groups in total. The highest BCUT2D eigenvalue weighted by Crippen LogP contribution is 2.19. The third-order valence-corrected chi connectivity index (χ3v) is 2.16. The van der Waals surface area contributed by atoms with Gasteiger partial charge in [0, 0.05) is 6.42 Å². The minimum atomic E-state index is -0.439. The first-order valence-electron chi connectivity index (χ1n) is 5.59. The number of esters is 1. The molecule has 0 fully saturated rings. The normalized spacial score (nSPS) is 9.76. The highest BCUT2D eigenvalue weighted by molar-refractivity contribution is 5.98. The smallest absolute Gasteiger partial charge is 0.344 e. The Morgan fingerprint density at radius 2 is 1.88 bits per heavy atom. The predicted molar refractivity (Wildman–Crippen MR) is 63.2 cm³/mol. The molecule has 4 heteroatoms. The molecule has 0 aliphatic rings. The molecule has 0 radical (unpaired) electrons. The topological polar surface area (TPSA) is 52.6 Å². The monoisotopic (exact) mass is 236 g/mol. The molecule has 0 aliphatic carbocycles. The summed E-state index contributed by atoms with van der Waals surface area (Å²) in [5.41, 5.74) is 0.499. The fourth-order valence-corrected chi connectivity index (χ4v) is 1.35. The van der Waals surface area contributed by atoms with Crippen LogP contribution < -0.4 is 4.74 Å². The number of rotatable bonds is 6. The second kappa shape index (κ2) is 6.68. The summed E-state index contributed by atoms with van der Waals surface area (Å²) >= 11 is 0. The van der Waals surface area contributed by atoms with Crippen LogP contribution in [0.5, 0.6) is 5.75 Å². The van der Waals surface area contributed by atoms with E-state index in [4.69, 9.17) is 9.47 Å². The maximum Gasteiger partial charge on any atom is 0.344 e. The molecule has 1 rings (SSSR count). The van der Waals surface area contributed by atoms with Crippen LogP contribution in [0.15, 0.2) is 24.3 Å². The molecule has 0 aliphatic heterocycles. The molecule has 17 heavy (non-hydrogen) atoms. The molecule has 0 atom stereocenters. The van der Waals surface area contributed by atoms with Gasteiger partial charge in [0.15, 0.2) is 12.4 Å². The van der Waals surface area contributed by atoms with Gasteiger partial charge < -0.3 is 9.47 Å². The molecule has 0 spiro atoms. The van der Waals surface area contributed by atoms with Gasteiger partial charge in [-0.05, 0) is 19.1 Å². The molecular weight excluding hydrogens is 220 g/mol. The number of carbonyl (C=O) groups excluding carboxylic acids is 2. The van der Waals surface area contributed by atoms with Crippen LogP contribution in [0.3, 0.4) is 0 Å². The fraction of sp³-hybridized carbons (Fsp3) is 0.385. The molecule has 0 heterocycles. The molecule has 0 bridgehead atoms. The lowest BCUT2D eigenvalue weighted by Crippen LogP contribution is -2.15. The van der Waals surface area contributed by atoms with E-state index in [1.54, 1.807) is 38.1 Å². The molecule has 92 valence electrons. The van der Waals surface area contributed by atoms with E-state index in [-0.39, 0.29) is 12.4 Å². The van der Waals surface area contributed by atoms with E-state index in [9.17, 15) is 9.59 Å². The van der Waals surface area contributed by atoms with E-state index in [0.717, 1.165) is 0 Å². The Labute approximate surface area is 101 Å². The van der Waals surface area contributed by atoms with Gasteiger partial charge in [-0.15, -0.1) is 0 Å². The molecule has 1 aromatic rings. The average molecular weight is 236 g/mol. The summed E-state index contributed by atoms with van der Waals surface area (Å²) in [5.74, 6) is -0.0249. The van der Waals surface area contributed by atoms with E-state index in [1.807, 2.05) is 0 Å². The third kappa shape index (κ3) is 3.90. The molecule has 1 aromatic carbocycles. The van der Waals surface area contributed by atoms with E-state index >= 15 is 0 Å². The minimum Gasteiger partial charge on any atom is -0.481 e. The Morgan fingerprint density at radius 1 is 1.18 bits per heavy atom. The van der Waals surface area contributed by atoms with Crippen molar-refractivity contribution >= 4 is 11.8 Å². The Morgan fingerprint density at radius 3 is 2.53 bits per heavy atom. The Kier molecular flexibility index (Phi) is 5.20. The van der Waals surface area contributed by atoms with Crippen LogP contribution in [0.2, 0.25) is 0 Å². The van der Waals surface area contributed by atoms with E-state index < -0.39 is 5.97 Å². The van der Waals surface area contributed by atoms with Gasteiger partial charge in [0.2, 0.25) is 0 Å². The maximum absolute atomic E-state index is 11.6. The van der Waals surface area contributed by atoms with Crippen molar-refractivity contribution in [2.24, 2.45) is 0 Å². The molecule has 4 nitrogen and oxygen atoms in total. The summed E-state index contributed by atoms with van der Waals surface area (Å²) in [6.07, 6.45) is 0.403. The molecule has 0 aromatic heterocycles. The van der Waals surface area contributed by atoms with Crippen molar-refractivity contribution in [2.45, 2.75) is 20.3 Å². The number of hydrogen-bond donors (Lipinski definition) is 0. The molecule has 0 saturated carbocycles. The van der Waals surface area contributed by atoms with Gasteiger partial charge >= 0.3 is 5.97 Å². The first-order chi connectivity index (χ1) is 8.19. The summed E-state index contributed by atoms with van der Waals surface area (Å²) in [4.78, 5) is 22.7. The number of benzene rings is 1.